The molecule has 1 atom stereocenters. The topological polar surface area (TPSA) is 79.0 Å². The average molecular weight is 540 g/mol. The van der Waals surface area contributed by atoms with E-state index in [2.05, 4.69) is 22.3 Å². The number of benzene rings is 3. The number of fused-ring (bicyclic) bond motifs is 1. The van der Waals surface area contributed by atoms with Crippen LogP contribution in [0.3, 0.4) is 0 Å². The van der Waals surface area contributed by atoms with E-state index in [1.54, 1.807) is 36.4 Å². The lowest BCUT2D eigenvalue weighted by atomic mass is 10.1. The van der Waals surface area contributed by atoms with E-state index in [1.807, 2.05) is 12.1 Å². The summed E-state index contributed by atoms with van der Waals surface area (Å²) in [7, 11) is -3.94. The number of carbonyl (C=O) groups is 1. The van der Waals surface area contributed by atoms with Crippen LogP contribution in [-0.2, 0) is 27.9 Å². The van der Waals surface area contributed by atoms with Gasteiger partial charge in [-0.25, -0.2) is 8.42 Å². The number of amides is 1. The second kappa shape index (κ2) is 11.1. The number of piperidine rings is 1. The molecule has 0 unspecified atom stereocenters. The number of hydrogen-bond donors (Lipinski definition) is 1. The second-order valence-corrected chi connectivity index (χ2v) is 11.7. The predicted octanol–water partition coefficient (Wildman–Crippen LogP) is 4.60. The molecule has 0 aromatic heterocycles. The van der Waals surface area contributed by atoms with Crippen LogP contribution < -0.4 is 14.4 Å². The molecule has 2 aliphatic rings. The summed E-state index contributed by atoms with van der Waals surface area (Å²) >= 11 is 6.17. The molecule has 0 aliphatic carbocycles. The maximum absolute atomic E-state index is 13.5. The zero-order chi connectivity index (χ0) is 25.8. The minimum Gasteiger partial charge on any atom is -0.476 e. The maximum Gasteiger partial charge on any atom is 0.264 e. The zero-order valence-electron chi connectivity index (χ0n) is 20.5. The van der Waals surface area contributed by atoms with Crippen LogP contribution in [0.1, 0.15) is 30.4 Å². The van der Waals surface area contributed by atoms with Crippen molar-refractivity contribution < 1.29 is 17.9 Å². The van der Waals surface area contributed by atoms with E-state index < -0.39 is 16.1 Å². The minimum atomic E-state index is -3.94. The van der Waals surface area contributed by atoms with Crippen molar-refractivity contribution in [3.8, 4) is 5.75 Å². The molecule has 7 nitrogen and oxygen atoms in total. The van der Waals surface area contributed by atoms with Crippen molar-refractivity contribution in [3.63, 3.8) is 0 Å². The monoisotopic (exact) mass is 539 g/mol. The number of hydrogen-bond acceptors (Lipinski definition) is 5. The van der Waals surface area contributed by atoms with Crippen molar-refractivity contribution in [1.82, 2.24) is 10.2 Å². The largest absolute Gasteiger partial charge is 0.476 e. The van der Waals surface area contributed by atoms with Gasteiger partial charge in [-0.3, -0.25) is 14.0 Å². The predicted molar refractivity (Wildman–Crippen MR) is 144 cm³/mol. The van der Waals surface area contributed by atoms with Crippen LogP contribution in [0.15, 0.2) is 77.7 Å². The van der Waals surface area contributed by atoms with Crippen LogP contribution in [0.25, 0.3) is 0 Å². The van der Waals surface area contributed by atoms with E-state index >= 15 is 0 Å². The summed E-state index contributed by atoms with van der Waals surface area (Å²) in [6.45, 7) is 3.31. The Bertz CT molecular complexity index is 1360. The van der Waals surface area contributed by atoms with Gasteiger partial charge in [0.25, 0.3) is 15.9 Å². The number of nitrogens with one attached hydrogen (secondary N) is 1. The van der Waals surface area contributed by atoms with Crippen LogP contribution in [0.2, 0.25) is 5.02 Å². The highest BCUT2D eigenvalue weighted by Gasteiger charge is 2.37. The highest BCUT2D eigenvalue weighted by Crippen LogP contribution is 2.38. The Balaban J connectivity index is 1.30. The van der Waals surface area contributed by atoms with Gasteiger partial charge in [0.1, 0.15) is 5.75 Å². The van der Waals surface area contributed by atoms with E-state index in [9.17, 15) is 13.2 Å². The van der Waals surface area contributed by atoms with Crippen molar-refractivity contribution in [1.29, 1.82) is 0 Å². The van der Waals surface area contributed by atoms with E-state index in [1.165, 1.54) is 41.3 Å². The van der Waals surface area contributed by atoms with Crippen LogP contribution in [0, 0.1) is 0 Å². The van der Waals surface area contributed by atoms with Gasteiger partial charge in [-0.2, -0.15) is 0 Å². The first kappa shape index (κ1) is 25.6. The van der Waals surface area contributed by atoms with Gasteiger partial charge in [-0.15, -0.1) is 0 Å². The molecule has 0 spiro atoms. The number of carbonyl (C=O) groups excluding carboxylic acids is 1. The van der Waals surface area contributed by atoms with Crippen molar-refractivity contribution in [2.24, 2.45) is 0 Å². The normalized spacial score (nSPS) is 18.1. The standard InChI is InChI=1S/C28H30ClN3O4S/c29-23-12-13-26-25(17-23)32(37(34,35)24-10-3-1-4-11-24)20-27(36-26)28(33)30-18-21-8-7-9-22(16-21)19-31-14-5-2-6-15-31/h1,3-4,7-13,16-17,27H,2,5-6,14-15,18-20H2,(H,30,33)/t27-/m1/s1. The highest BCUT2D eigenvalue weighted by atomic mass is 35.5. The average Bonchev–Trinajstić information content (AvgIpc) is 2.92. The molecule has 9 heteroatoms. The molecular weight excluding hydrogens is 510 g/mol. The van der Waals surface area contributed by atoms with Crippen molar-refractivity contribution in [3.05, 3.63) is 88.9 Å². The van der Waals surface area contributed by atoms with Crippen molar-refractivity contribution in [2.45, 2.75) is 43.4 Å². The maximum atomic E-state index is 13.5. The van der Waals surface area contributed by atoms with Crippen molar-refractivity contribution in [2.75, 3.05) is 23.9 Å². The lowest BCUT2D eigenvalue weighted by molar-refractivity contribution is -0.127. The van der Waals surface area contributed by atoms with Crippen LogP contribution >= 0.6 is 11.6 Å². The summed E-state index contributed by atoms with van der Waals surface area (Å²) < 4.78 is 34.1. The Labute approximate surface area is 223 Å². The lowest BCUT2D eigenvalue weighted by Gasteiger charge is -2.34. The van der Waals surface area contributed by atoms with Gasteiger partial charge in [0.2, 0.25) is 0 Å². The Morgan fingerprint density at radius 1 is 0.946 bits per heavy atom. The summed E-state index contributed by atoms with van der Waals surface area (Å²) in [5.41, 5.74) is 2.51. The first-order valence-electron chi connectivity index (χ1n) is 12.5. The molecule has 3 aromatic rings. The van der Waals surface area contributed by atoms with Crippen LogP contribution in [0.5, 0.6) is 5.75 Å². The zero-order valence-corrected chi connectivity index (χ0v) is 22.0. The molecule has 0 radical (unpaired) electrons. The fraction of sp³-hybridized carbons (Fsp3) is 0.321. The fourth-order valence-electron chi connectivity index (χ4n) is 4.83. The molecule has 1 saturated heterocycles. The number of ether oxygens (including phenoxy) is 1. The lowest BCUT2D eigenvalue weighted by Crippen LogP contribution is -2.50. The fourth-order valence-corrected chi connectivity index (χ4v) is 6.48. The number of nitrogens with zero attached hydrogens (tertiary/aromatic N) is 2. The smallest absolute Gasteiger partial charge is 0.264 e. The van der Waals surface area contributed by atoms with Gasteiger partial charge in [0, 0.05) is 18.1 Å². The van der Waals surface area contributed by atoms with E-state index in [0.717, 1.165) is 25.2 Å². The van der Waals surface area contributed by atoms with Gasteiger partial charge >= 0.3 is 0 Å². The molecule has 37 heavy (non-hydrogen) atoms. The summed E-state index contributed by atoms with van der Waals surface area (Å²) in [4.78, 5) is 15.8. The van der Waals surface area contributed by atoms with E-state index in [0.29, 0.717) is 23.0 Å². The molecule has 1 amide bonds. The first-order chi connectivity index (χ1) is 17.9. The van der Waals surface area contributed by atoms with Gasteiger partial charge in [-0.05, 0) is 67.4 Å². The molecule has 1 fully saturated rings. The minimum absolute atomic E-state index is 0.132. The molecule has 2 heterocycles. The second-order valence-electron chi connectivity index (χ2n) is 9.44. The number of rotatable bonds is 7. The molecule has 1 N–H and O–H groups in total. The van der Waals surface area contributed by atoms with Crippen molar-refractivity contribution >= 4 is 33.2 Å². The first-order valence-corrected chi connectivity index (χ1v) is 14.3. The number of likely N-dealkylation sites (tertiary alicyclic amines) is 1. The van der Waals surface area contributed by atoms with Gasteiger partial charge in [0.05, 0.1) is 17.1 Å². The van der Waals surface area contributed by atoms with Crippen LogP contribution in [-0.4, -0.2) is 45.0 Å². The quantitative estimate of drug-likeness (QED) is 0.475. The summed E-state index contributed by atoms with van der Waals surface area (Å²) in [6, 6.07) is 21.1. The third-order valence-corrected chi connectivity index (χ3v) is 8.76. The Morgan fingerprint density at radius 2 is 1.70 bits per heavy atom. The number of sulfonamides is 1. The van der Waals surface area contributed by atoms with E-state index in [-0.39, 0.29) is 17.3 Å². The van der Waals surface area contributed by atoms with Crippen LogP contribution in [0.4, 0.5) is 5.69 Å². The Kier molecular flexibility index (Phi) is 7.69. The van der Waals surface area contributed by atoms with Gasteiger partial charge in [0.15, 0.2) is 6.10 Å². The molecule has 5 rings (SSSR count). The molecular formula is C28H30ClN3O4S. The third-order valence-electron chi connectivity index (χ3n) is 6.73. The number of halogens is 1. The summed E-state index contributed by atoms with van der Waals surface area (Å²) in [5, 5.41) is 3.31. The Morgan fingerprint density at radius 3 is 2.49 bits per heavy atom. The Hall–Kier alpha value is -3.07. The van der Waals surface area contributed by atoms with Gasteiger partial charge < -0.3 is 10.1 Å². The highest BCUT2D eigenvalue weighted by molar-refractivity contribution is 7.92. The van der Waals surface area contributed by atoms with E-state index in [4.69, 9.17) is 16.3 Å². The molecule has 0 bridgehead atoms. The molecule has 3 aromatic carbocycles. The molecule has 0 saturated carbocycles. The number of anilines is 1. The molecule has 2 aliphatic heterocycles. The summed E-state index contributed by atoms with van der Waals surface area (Å²) in [5.74, 6) is -0.0888. The van der Waals surface area contributed by atoms with Gasteiger partial charge in [-0.1, -0.05) is 60.5 Å². The summed E-state index contributed by atoms with van der Waals surface area (Å²) in [6.07, 6.45) is 2.77. The molecule has 194 valence electrons. The SMILES string of the molecule is O=C(NCc1cccc(CN2CCCCC2)c1)[C@H]1CN(S(=O)(=O)c2ccccc2)c2cc(Cl)ccc2O1. The third kappa shape index (κ3) is 5.92.